The highest BCUT2D eigenvalue weighted by Crippen LogP contribution is 2.42. The Morgan fingerprint density at radius 1 is 1.00 bits per heavy atom. The van der Waals surface area contributed by atoms with Crippen LogP contribution in [-0.4, -0.2) is 80.5 Å². The molecule has 2 unspecified atom stereocenters. The fraction of sp³-hybridized carbons (Fsp3) is 0.636. The monoisotopic (exact) mass is 523 g/mol. The van der Waals surface area contributed by atoms with Gasteiger partial charge in [-0.05, 0) is 37.5 Å². The van der Waals surface area contributed by atoms with Gasteiger partial charge in [-0.1, -0.05) is 0 Å². The third-order valence-electron chi connectivity index (χ3n) is 6.99. The Kier molecular flexibility index (Phi) is 6.52. The van der Waals surface area contributed by atoms with Gasteiger partial charge in [0, 0.05) is 44.7 Å². The van der Waals surface area contributed by atoms with Gasteiger partial charge in [0.25, 0.3) is 5.92 Å². The Labute approximate surface area is 199 Å². The molecule has 0 N–H and O–H groups in total. The number of hydrogen-bond acceptors (Lipinski definition) is 5. The van der Waals surface area contributed by atoms with Crippen LogP contribution in [0.25, 0.3) is 0 Å². The van der Waals surface area contributed by atoms with E-state index in [9.17, 15) is 40.0 Å². The van der Waals surface area contributed by atoms with Gasteiger partial charge in [-0.15, -0.1) is 0 Å². The fourth-order valence-electron chi connectivity index (χ4n) is 5.02. The summed E-state index contributed by atoms with van der Waals surface area (Å²) in [6.07, 6.45) is -5.04. The molecule has 35 heavy (non-hydrogen) atoms. The number of likely N-dealkylation sites (tertiary alicyclic amines) is 1. The normalized spacial score (nSPS) is 24.9. The lowest BCUT2D eigenvalue weighted by molar-refractivity contribution is -0.169. The molecule has 0 spiro atoms. The van der Waals surface area contributed by atoms with Gasteiger partial charge in [0.05, 0.1) is 28.8 Å². The third kappa shape index (κ3) is 5.10. The fourth-order valence-corrected chi connectivity index (χ4v) is 7.05. The van der Waals surface area contributed by atoms with Crippen molar-refractivity contribution in [3.63, 3.8) is 0 Å². The molecular formula is C22H26F5N3O4S. The van der Waals surface area contributed by atoms with E-state index >= 15 is 0 Å². The first-order chi connectivity index (χ1) is 16.2. The Morgan fingerprint density at radius 2 is 1.63 bits per heavy atom. The van der Waals surface area contributed by atoms with E-state index in [0.717, 1.165) is 17.0 Å². The first-order valence-corrected chi connectivity index (χ1v) is 12.9. The van der Waals surface area contributed by atoms with Gasteiger partial charge < -0.3 is 14.7 Å². The topological polar surface area (TPSA) is 78.0 Å². The molecule has 194 valence electrons. The van der Waals surface area contributed by atoms with E-state index < -0.39 is 62.6 Å². The average molecular weight is 524 g/mol. The summed E-state index contributed by atoms with van der Waals surface area (Å²) in [7, 11) is -4.43. The van der Waals surface area contributed by atoms with Crippen LogP contribution in [0.4, 0.5) is 27.6 Å². The first-order valence-electron chi connectivity index (χ1n) is 11.3. The van der Waals surface area contributed by atoms with Crippen molar-refractivity contribution in [2.75, 3.05) is 44.2 Å². The summed E-state index contributed by atoms with van der Waals surface area (Å²) in [4.78, 5) is 27.3. The number of anilines is 1. The van der Waals surface area contributed by atoms with E-state index in [1.807, 2.05) is 0 Å². The maximum Gasteiger partial charge on any atom is 0.417 e. The second-order valence-corrected chi connectivity index (χ2v) is 11.6. The molecule has 1 aromatic rings. The Balaban J connectivity index is 1.53. The second kappa shape index (κ2) is 8.90. The van der Waals surface area contributed by atoms with Crippen LogP contribution in [0.5, 0.6) is 0 Å². The summed E-state index contributed by atoms with van der Waals surface area (Å²) in [5.74, 6) is -4.47. The van der Waals surface area contributed by atoms with Gasteiger partial charge in [0.1, 0.15) is 0 Å². The standard InChI is InChI=1S/C22H26F5N3O4S/c1-14(31)28-6-8-29(9-7-28)16-3-5-19(18(11-16)22(25,26)27)35(33,34)17-4-2-15(10-17)20(32)30-12-21(23,24)13-30/h3,5,11,15,17H,2,4,6-10,12-13H2,1H3. The van der Waals surface area contributed by atoms with Gasteiger partial charge >= 0.3 is 6.18 Å². The minimum absolute atomic E-state index is 0.0188. The summed E-state index contributed by atoms with van der Waals surface area (Å²) in [5, 5.41) is -1.20. The molecule has 4 rings (SSSR count). The molecular weight excluding hydrogens is 497 g/mol. The average Bonchev–Trinajstić information content (AvgIpc) is 3.27. The predicted octanol–water partition coefficient (Wildman–Crippen LogP) is 2.79. The van der Waals surface area contributed by atoms with Crippen LogP contribution in [0.2, 0.25) is 0 Å². The number of alkyl halides is 5. The Morgan fingerprint density at radius 3 is 2.17 bits per heavy atom. The van der Waals surface area contributed by atoms with Gasteiger partial charge in [0.15, 0.2) is 9.84 Å². The Bertz CT molecular complexity index is 1110. The van der Waals surface area contributed by atoms with Crippen molar-refractivity contribution < 1.29 is 40.0 Å². The molecule has 2 atom stereocenters. The molecule has 1 saturated carbocycles. The van der Waals surface area contributed by atoms with Gasteiger partial charge in [0.2, 0.25) is 11.8 Å². The Hall–Kier alpha value is -2.44. The van der Waals surface area contributed by atoms with Crippen molar-refractivity contribution in [1.29, 1.82) is 0 Å². The number of benzene rings is 1. The number of halogens is 5. The number of hydrogen-bond donors (Lipinski definition) is 0. The summed E-state index contributed by atoms with van der Waals surface area (Å²) in [6, 6.07) is 3.09. The first kappa shape index (κ1) is 25.6. The molecule has 1 aromatic carbocycles. The van der Waals surface area contributed by atoms with Crippen molar-refractivity contribution in [2.24, 2.45) is 5.92 Å². The minimum atomic E-state index is -4.93. The quantitative estimate of drug-likeness (QED) is 0.568. The van der Waals surface area contributed by atoms with E-state index in [1.165, 1.54) is 13.0 Å². The summed E-state index contributed by atoms with van der Waals surface area (Å²) < 4.78 is 94.5. The molecule has 0 radical (unpaired) electrons. The van der Waals surface area contributed by atoms with Crippen LogP contribution in [0.3, 0.4) is 0 Å². The molecule has 3 aliphatic rings. The van der Waals surface area contributed by atoms with Crippen LogP contribution in [-0.2, 0) is 25.6 Å². The van der Waals surface area contributed by atoms with Crippen molar-refractivity contribution in [2.45, 2.75) is 48.4 Å². The number of nitrogens with zero attached hydrogens (tertiary/aromatic N) is 3. The molecule has 3 fully saturated rings. The summed E-state index contributed by atoms with van der Waals surface area (Å²) >= 11 is 0. The van der Waals surface area contributed by atoms with Gasteiger partial charge in [-0.3, -0.25) is 9.59 Å². The van der Waals surface area contributed by atoms with Crippen LogP contribution in [0.1, 0.15) is 31.7 Å². The zero-order valence-electron chi connectivity index (χ0n) is 19.0. The molecule has 1 aliphatic carbocycles. The van der Waals surface area contributed by atoms with E-state index in [2.05, 4.69) is 0 Å². The van der Waals surface area contributed by atoms with Crippen LogP contribution >= 0.6 is 0 Å². The molecule has 0 aromatic heterocycles. The number of sulfone groups is 1. The molecule has 2 saturated heterocycles. The number of carbonyl (C=O) groups excluding carboxylic acids is 2. The van der Waals surface area contributed by atoms with Gasteiger partial charge in [-0.25, -0.2) is 17.2 Å². The zero-order valence-corrected chi connectivity index (χ0v) is 19.8. The highest BCUT2D eigenvalue weighted by Gasteiger charge is 2.50. The predicted molar refractivity (Wildman–Crippen MR) is 116 cm³/mol. The van der Waals surface area contributed by atoms with E-state index in [4.69, 9.17) is 0 Å². The highest BCUT2D eigenvalue weighted by atomic mass is 32.2. The maximum absolute atomic E-state index is 14.0. The lowest BCUT2D eigenvalue weighted by Gasteiger charge is -2.40. The van der Waals surface area contributed by atoms with Crippen molar-refractivity contribution in [3.05, 3.63) is 23.8 Å². The lowest BCUT2D eigenvalue weighted by Crippen LogP contribution is -2.59. The smallest absolute Gasteiger partial charge is 0.368 e. The molecule has 2 aliphatic heterocycles. The molecule has 2 amide bonds. The van der Waals surface area contributed by atoms with Crippen LogP contribution < -0.4 is 4.90 Å². The van der Waals surface area contributed by atoms with E-state index in [-0.39, 0.29) is 30.9 Å². The SMILES string of the molecule is CC(=O)N1CCN(c2ccc(S(=O)(=O)C3CCC(C(=O)N4CC(F)(F)C4)C3)c(C(F)(F)F)c2)CC1. The third-order valence-corrected chi connectivity index (χ3v) is 9.27. The number of amides is 2. The van der Waals surface area contributed by atoms with E-state index in [0.29, 0.717) is 26.2 Å². The highest BCUT2D eigenvalue weighted by molar-refractivity contribution is 7.92. The summed E-state index contributed by atoms with van der Waals surface area (Å²) in [6.45, 7) is 1.28. The maximum atomic E-state index is 14.0. The minimum Gasteiger partial charge on any atom is -0.368 e. The molecule has 7 nitrogen and oxygen atoms in total. The molecule has 2 heterocycles. The number of carbonyl (C=O) groups is 2. The number of rotatable bonds is 4. The summed E-state index contributed by atoms with van der Waals surface area (Å²) in [5.41, 5.74) is -1.07. The zero-order chi connectivity index (χ0) is 25.8. The van der Waals surface area contributed by atoms with Crippen LogP contribution in [0.15, 0.2) is 23.1 Å². The molecule has 13 heteroatoms. The second-order valence-electron chi connectivity index (χ2n) is 9.40. The molecule has 0 bridgehead atoms. The van der Waals surface area contributed by atoms with Crippen molar-refractivity contribution in [1.82, 2.24) is 9.80 Å². The number of piperazine rings is 1. The van der Waals surface area contributed by atoms with Crippen molar-refractivity contribution >= 4 is 27.3 Å². The van der Waals surface area contributed by atoms with Crippen molar-refractivity contribution in [3.8, 4) is 0 Å². The van der Waals surface area contributed by atoms with Gasteiger partial charge in [-0.2, -0.15) is 13.2 Å². The van der Waals surface area contributed by atoms with Crippen LogP contribution in [0, 0.1) is 5.92 Å². The lowest BCUT2D eigenvalue weighted by atomic mass is 10.0. The largest absolute Gasteiger partial charge is 0.417 e. The van der Waals surface area contributed by atoms with E-state index in [1.54, 1.807) is 9.80 Å².